The van der Waals surface area contributed by atoms with Crippen LogP contribution in [-0.2, 0) is 0 Å². The van der Waals surface area contributed by atoms with Gasteiger partial charge in [-0.15, -0.1) is 0 Å². The molecule has 2 rings (SSSR count). The number of ether oxygens (including phenoxy) is 1. The molecule has 0 aliphatic rings. The molecule has 2 nitrogen and oxygen atoms in total. The monoisotopic (exact) mass is 386 g/mol. The first-order valence-corrected chi connectivity index (χ1v) is 6.99. The van der Waals surface area contributed by atoms with Gasteiger partial charge in [0.2, 0.25) is 0 Å². The molecule has 0 atom stereocenters. The van der Waals surface area contributed by atoms with Crippen LogP contribution in [0, 0.1) is 5.82 Å². The molecule has 0 aliphatic heterocycles. The summed E-state index contributed by atoms with van der Waals surface area (Å²) in [4.78, 5) is 11.5. The molecule has 5 heteroatoms. The van der Waals surface area contributed by atoms with Crippen molar-refractivity contribution in [3.05, 3.63) is 56.7 Å². The molecule has 0 saturated heterocycles. The largest absolute Gasteiger partial charge is 0.455 e. The molecule has 2 aromatic rings. The molecule has 0 fully saturated rings. The quantitative estimate of drug-likeness (QED) is 0.664. The second-order valence-electron chi connectivity index (χ2n) is 3.87. The predicted octanol–water partition coefficient (Wildman–Crippen LogP) is 5.35. The van der Waals surface area contributed by atoms with Gasteiger partial charge in [0, 0.05) is 10.5 Å². The lowest BCUT2D eigenvalue weighted by Crippen LogP contribution is -1.97. The van der Waals surface area contributed by atoms with Crippen molar-refractivity contribution in [2.45, 2.75) is 6.92 Å². The third-order valence-electron chi connectivity index (χ3n) is 2.44. The summed E-state index contributed by atoms with van der Waals surface area (Å²) in [6.45, 7) is 1.46. The molecule has 19 heavy (non-hydrogen) atoms. The van der Waals surface area contributed by atoms with Crippen molar-refractivity contribution in [1.29, 1.82) is 0 Å². The standard InChI is InChI=1S/C14H9Br2FO2/c1-8(18)11-4-2-9(15)6-13(11)19-14-7-10(17)3-5-12(14)16/h2-7H,1H3. The van der Waals surface area contributed by atoms with E-state index in [0.717, 1.165) is 4.47 Å². The van der Waals surface area contributed by atoms with E-state index >= 15 is 0 Å². The molecule has 0 N–H and O–H groups in total. The molecule has 98 valence electrons. The Labute approximate surface area is 126 Å². The Kier molecular flexibility index (Phi) is 4.37. The molecule has 0 amide bonds. The molecular weight excluding hydrogens is 379 g/mol. The van der Waals surface area contributed by atoms with Crippen LogP contribution < -0.4 is 4.74 Å². The number of halogens is 3. The van der Waals surface area contributed by atoms with E-state index in [2.05, 4.69) is 31.9 Å². The first kappa shape index (κ1) is 14.2. The number of benzene rings is 2. The fourth-order valence-corrected chi connectivity index (χ4v) is 2.21. The minimum atomic E-state index is -0.405. The zero-order valence-electron chi connectivity index (χ0n) is 9.91. The van der Waals surface area contributed by atoms with E-state index in [1.165, 1.54) is 19.1 Å². The lowest BCUT2D eigenvalue weighted by molar-refractivity contribution is 0.101. The molecule has 0 unspecified atom stereocenters. The van der Waals surface area contributed by atoms with E-state index in [1.807, 2.05) is 0 Å². The van der Waals surface area contributed by atoms with Crippen LogP contribution in [0.15, 0.2) is 45.3 Å². The van der Waals surface area contributed by atoms with E-state index in [4.69, 9.17) is 4.74 Å². The van der Waals surface area contributed by atoms with Gasteiger partial charge in [-0.3, -0.25) is 4.79 Å². The summed E-state index contributed by atoms with van der Waals surface area (Å²) >= 11 is 6.59. The summed E-state index contributed by atoms with van der Waals surface area (Å²) < 4.78 is 20.2. The summed E-state index contributed by atoms with van der Waals surface area (Å²) in [7, 11) is 0. The molecule has 2 aromatic carbocycles. The maximum absolute atomic E-state index is 13.2. The van der Waals surface area contributed by atoms with Crippen molar-refractivity contribution < 1.29 is 13.9 Å². The number of hydrogen-bond acceptors (Lipinski definition) is 2. The predicted molar refractivity (Wildman–Crippen MR) is 78.3 cm³/mol. The van der Waals surface area contributed by atoms with E-state index < -0.39 is 5.82 Å². The molecule has 0 radical (unpaired) electrons. The summed E-state index contributed by atoms with van der Waals surface area (Å²) in [5.74, 6) is 0.182. The van der Waals surface area contributed by atoms with Crippen LogP contribution in [0.2, 0.25) is 0 Å². The Balaban J connectivity index is 2.45. The fourth-order valence-electron chi connectivity index (χ4n) is 1.55. The number of carbonyl (C=O) groups excluding carboxylic acids is 1. The van der Waals surface area contributed by atoms with Gasteiger partial charge in [0.25, 0.3) is 0 Å². The van der Waals surface area contributed by atoms with Gasteiger partial charge in [-0.1, -0.05) is 15.9 Å². The van der Waals surface area contributed by atoms with Crippen molar-refractivity contribution in [2.24, 2.45) is 0 Å². The van der Waals surface area contributed by atoms with Crippen molar-refractivity contribution in [3.63, 3.8) is 0 Å². The van der Waals surface area contributed by atoms with Crippen molar-refractivity contribution >= 4 is 37.6 Å². The van der Waals surface area contributed by atoms with Crippen LogP contribution in [0.5, 0.6) is 11.5 Å². The third-order valence-corrected chi connectivity index (χ3v) is 3.58. The number of rotatable bonds is 3. The van der Waals surface area contributed by atoms with Gasteiger partial charge >= 0.3 is 0 Å². The normalized spacial score (nSPS) is 10.3. The SMILES string of the molecule is CC(=O)c1ccc(Br)cc1Oc1cc(F)ccc1Br. The zero-order valence-corrected chi connectivity index (χ0v) is 13.1. The topological polar surface area (TPSA) is 26.3 Å². The highest BCUT2D eigenvalue weighted by Gasteiger charge is 2.12. The van der Waals surface area contributed by atoms with Gasteiger partial charge in [-0.2, -0.15) is 0 Å². The van der Waals surface area contributed by atoms with E-state index in [0.29, 0.717) is 21.5 Å². The Bertz CT molecular complexity index is 641. The minimum Gasteiger partial charge on any atom is -0.455 e. The lowest BCUT2D eigenvalue weighted by atomic mass is 10.1. The Hall–Kier alpha value is -1.20. The molecule has 0 saturated carbocycles. The molecule has 0 heterocycles. The van der Waals surface area contributed by atoms with Crippen LogP contribution in [0.4, 0.5) is 4.39 Å². The minimum absolute atomic E-state index is 0.116. The van der Waals surface area contributed by atoms with Gasteiger partial charge in [-0.25, -0.2) is 4.39 Å². The van der Waals surface area contributed by atoms with E-state index in [-0.39, 0.29) is 5.78 Å². The highest BCUT2D eigenvalue weighted by atomic mass is 79.9. The fraction of sp³-hybridized carbons (Fsp3) is 0.0714. The van der Waals surface area contributed by atoms with E-state index in [9.17, 15) is 9.18 Å². The Morgan fingerprint density at radius 1 is 1.11 bits per heavy atom. The van der Waals surface area contributed by atoms with Crippen LogP contribution in [0.1, 0.15) is 17.3 Å². The van der Waals surface area contributed by atoms with Gasteiger partial charge in [0.15, 0.2) is 5.78 Å². The smallest absolute Gasteiger partial charge is 0.163 e. The number of ketones is 1. The zero-order chi connectivity index (χ0) is 14.0. The Morgan fingerprint density at radius 2 is 1.84 bits per heavy atom. The molecule has 0 aliphatic carbocycles. The number of carbonyl (C=O) groups is 1. The average Bonchev–Trinajstić information content (AvgIpc) is 2.33. The first-order valence-electron chi connectivity index (χ1n) is 5.41. The lowest BCUT2D eigenvalue weighted by Gasteiger charge is -2.11. The van der Waals surface area contributed by atoms with Gasteiger partial charge in [0.1, 0.15) is 17.3 Å². The van der Waals surface area contributed by atoms with Crippen LogP contribution in [-0.4, -0.2) is 5.78 Å². The second-order valence-corrected chi connectivity index (χ2v) is 5.64. The second kappa shape index (κ2) is 5.84. The molecule has 0 aromatic heterocycles. The van der Waals surface area contributed by atoms with Gasteiger partial charge in [0.05, 0.1) is 10.0 Å². The maximum Gasteiger partial charge on any atom is 0.163 e. The molecule has 0 spiro atoms. The maximum atomic E-state index is 13.2. The molecule has 0 bridgehead atoms. The van der Waals surface area contributed by atoms with E-state index in [1.54, 1.807) is 24.3 Å². The number of hydrogen-bond donors (Lipinski definition) is 0. The van der Waals surface area contributed by atoms with Crippen molar-refractivity contribution in [1.82, 2.24) is 0 Å². The van der Waals surface area contributed by atoms with Crippen molar-refractivity contribution in [3.8, 4) is 11.5 Å². The van der Waals surface area contributed by atoms with Crippen molar-refractivity contribution in [2.75, 3.05) is 0 Å². The average molecular weight is 388 g/mol. The Morgan fingerprint density at radius 3 is 2.53 bits per heavy atom. The highest BCUT2D eigenvalue weighted by molar-refractivity contribution is 9.10. The summed E-state index contributed by atoms with van der Waals surface area (Å²) in [5, 5.41) is 0. The third kappa shape index (κ3) is 3.42. The first-order chi connectivity index (χ1) is 8.97. The summed E-state index contributed by atoms with van der Waals surface area (Å²) in [5.41, 5.74) is 0.444. The van der Waals surface area contributed by atoms with Gasteiger partial charge in [-0.05, 0) is 53.2 Å². The highest BCUT2D eigenvalue weighted by Crippen LogP contribution is 2.33. The summed E-state index contributed by atoms with van der Waals surface area (Å²) in [6, 6.07) is 9.22. The van der Waals surface area contributed by atoms with Crippen LogP contribution in [0.25, 0.3) is 0 Å². The molecular formula is C14H9Br2FO2. The number of Topliss-reactive ketones (excluding diaryl/α,β-unsaturated/α-hetero) is 1. The van der Waals surface area contributed by atoms with Crippen LogP contribution >= 0.6 is 31.9 Å². The van der Waals surface area contributed by atoms with Gasteiger partial charge < -0.3 is 4.74 Å². The summed E-state index contributed by atoms with van der Waals surface area (Å²) in [6.07, 6.45) is 0. The van der Waals surface area contributed by atoms with Crippen LogP contribution in [0.3, 0.4) is 0 Å².